The van der Waals surface area contributed by atoms with Crippen LogP contribution < -0.4 is 0 Å². The predicted octanol–water partition coefficient (Wildman–Crippen LogP) is 5.14. The Morgan fingerprint density at radius 1 is 1.19 bits per heavy atom. The summed E-state index contributed by atoms with van der Waals surface area (Å²) >= 11 is 0. The third-order valence-corrected chi connectivity index (χ3v) is 5.24. The van der Waals surface area contributed by atoms with Gasteiger partial charge < -0.3 is 13.9 Å². The monoisotopic (exact) mass is 437 g/mol. The van der Waals surface area contributed by atoms with E-state index in [1.807, 2.05) is 30.3 Å². The fraction of sp³-hybridized carbons (Fsp3) is 0.417. The van der Waals surface area contributed by atoms with E-state index in [0.29, 0.717) is 5.56 Å². The lowest BCUT2D eigenvalue weighted by Gasteiger charge is -2.34. The zero-order valence-corrected chi connectivity index (χ0v) is 19.1. The van der Waals surface area contributed by atoms with Gasteiger partial charge in [-0.1, -0.05) is 12.1 Å². The van der Waals surface area contributed by atoms with Crippen molar-refractivity contribution in [2.45, 2.75) is 58.9 Å². The van der Waals surface area contributed by atoms with Crippen LogP contribution in [0.1, 0.15) is 63.8 Å². The first-order valence-electron chi connectivity index (χ1n) is 10.5. The Morgan fingerprint density at radius 3 is 2.62 bits per heavy atom. The van der Waals surface area contributed by atoms with Crippen LogP contribution in [0.25, 0.3) is 22.4 Å². The van der Waals surface area contributed by atoms with Crippen molar-refractivity contribution in [2.75, 3.05) is 6.61 Å². The molecule has 1 aromatic carbocycles. The standard InChI is InChI=1S/C24H27N3O5/c1-14(28)19-20(18-13-30-24(5,6)27(18)22(29)32-23(2,3)4)31-21(26-19)16-9-7-11-17-15(16)10-8-12-25-17/h7-12,18H,13H2,1-6H3/t18-/m0/s1. The summed E-state index contributed by atoms with van der Waals surface area (Å²) in [6, 6.07) is 8.71. The average molecular weight is 437 g/mol. The number of nitrogens with zero attached hydrogens (tertiary/aromatic N) is 3. The summed E-state index contributed by atoms with van der Waals surface area (Å²) in [6.07, 6.45) is 1.16. The predicted molar refractivity (Wildman–Crippen MR) is 118 cm³/mol. The van der Waals surface area contributed by atoms with E-state index >= 15 is 0 Å². The Labute approximate surface area is 186 Å². The maximum absolute atomic E-state index is 13.1. The van der Waals surface area contributed by atoms with Crippen LogP contribution >= 0.6 is 0 Å². The molecular formula is C24H27N3O5. The molecule has 1 amide bonds. The summed E-state index contributed by atoms with van der Waals surface area (Å²) in [6.45, 7) is 10.5. The second-order valence-electron chi connectivity index (χ2n) is 9.29. The number of carbonyl (C=O) groups excluding carboxylic acids is 2. The van der Waals surface area contributed by atoms with Gasteiger partial charge in [-0.2, -0.15) is 0 Å². The summed E-state index contributed by atoms with van der Waals surface area (Å²) < 4.78 is 17.7. The lowest BCUT2D eigenvalue weighted by atomic mass is 10.1. The number of aromatic nitrogens is 2. The van der Waals surface area contributed by atoms with E-state index < -0.39 is 23.5 Å². The zero-order chi connectivity index (χ0) is 23.3. The molecule has 32 heavy (non-hydrogen) atoms. The number of fused-ring (bicyclic) bond motifs is 1. The third-order valence-electron chi connectivity index (χ3n) is 5.24. The van der Waals surface area contributed by atoms with Crippen molar-refractivity contribution in [3.8, 4) is 11.5 Å². The molecule has 0 saturated carbocycles. The van der Waals surface area contributed by atoms with Crippen molar-refractivity contribution < 1.29 is 23.5 Å². The second kappa shape index (κ2) is 7.70. The maximum Gasteiger partial charge on any atom is 0.413 e. The number of Topliss-reactive ketones (excluding diaryl/α,β-unsaturated/α-hetero) is 1. The van der Waals surface area contributed by atoms with E-state index in [1.165, 1.54) is 11.8 Å². The number of ether oxygens (including phenoxy) is 2. The number of rotatable bonds is 3. The van der Waals surface area contributed by atoms with E-state index in [-0.39, 0.29) is 29.7 Å². The molecule has 0 aliphatic carbocycles. The van der Waals surface area contributed by atoms with Crippen LogP contribution in [0.4, 0.5) is 4.79 Å². The van der Waals surface area contributed by atoms with E-state index in [2.05, 4.69) is 9.97 Å². The molecule has 4 rings (SSSR count). The Bertz CT molecular complexity index is 1190. The molecule has 168 valence electrons. The van der Waals surface area contributed by atoms with Gasteiger partial charge in [-0.3, -0.25) is 14.7 Å². The minimum absolute atomic E-state index is 0.151. The lowest BCUT2D eigenvalue weighted by Crippen LogP contribution is -2.47. The number of ketones is 1. The molecule has 8 heteroatoms. The van der Waals surface area contributed by atoms with Crippen LogP contribution in [-0.2, 0) is 9.47 Å². The highest BCUT2D eigenvalue weighted by atomic mass is 16.6. The average Bonchev–Trinajstić information content (AvgIpc) is 3.27. The first kappa shape index (κ1) is 22.0. The van der Waals surface area contributed by atoms with Gasteiger partial charge in [0.1, 0.15) is 17.4 Å². The van der Waals surface area contributed by atoms with Crippen molar-refractivity contribution in [3.63, 3.8) is 0 Å². The molecule has 1 saturated heterocycles. The second-order valence-corrected chi connectivity index (χ2v) is 9.29. The summed E-state index contributed by atoms with van der Waals surface area (Å²) in [5, 5.41) is 0.852. The van der Waals surface area contributed by atoms with Crippen LogP contribution in [0.3, 0.4) is 0 Å². The first-order chi connectivity index (χ1) is 15.0. The summed E-state index contributed by atoms with van der Waals surface area (Å²) in [7, 11) is 0. The fourth-order valence-electron chi connectivity index (χ4n) is 3.87. The quantitative estimate of drug-likeness (QED) is 0.524. The molecule has 1 aliphatic heterocycles. The van der Waals surface area contributed by atoms with Gasteiger partial charge in [0.25, 0.3) is 0 Å². The number of carbonyl (C=O) groups is 2. The van der Waals surface area contributed by atoms with Crippen LogP contribution in [0.2, 0.25) is 0 Å². The highest BCUT2D eigenvalue weighted by molar-refractivity contribution is 5.96. The van der Waals surface area contributed by atoms with Gasteiger partial charge in [0.05, 0.1) is 12.1 Å². The van der Waals surface area contributed by atoms with Crippen molar-refractivity contribution in [2.24, 2.45) is 0 Å². The molecule has 3 aromatic rings. The van der Waals surface area contributed by atoms with Gasteiger partial charge >= 0.3 is 6.09 Å². The number of benzene rings is 1. The van der Waals surface area contributed by atoms with Gasteiger partial charge in [-0.15, -0.1) is 0 Å². The van der Waals surface area contributed by atoms with E-state index in [0.717, 1.165) is 10.9 Å². The Hall–Kier alpha value is -3.26. The van der Waals surface area contributed by atoms with E-state index in [4.69, 9.17) is 13.9 Å². The van der Waals surface area contributed by atoms with Gasteiger partial charge in [-0.05, 0) is 52.8 Å². The van der Waals surface area contributed by atoms with Gasteiger partial charge in [0, 0.05) is 24.1 Å². The fourth-order valence-corrected chi connectivity index (χ4v) is 3.87. The largest absolute Gasteiger partial charge is 0.444 e. The molecular weight excluding hydrogens is 410 g/mol. The van der Waals surface area contributed by atoms with Gasteiger partial charge in [0.15, 0.2) is 17.2 Å². The minimum atomic E-state index is -0.947. The minimum Gasteiger partial charge on any atom is -0.444 e. The molecule has 1 fully saturated rings. The van der Waals surface area contributed by atoms with E-state index in [9.17, 15) is 9.59 Å². The Morgan fingerprint density at radius 2 is 1.94 bits per heavy atom. The SMILES string of the molecule is CC(=O)c1nc(-c2cccc3ncccc23)oc1[C@@H]1COC(C)(C)N1C(=O)OC(C)(C)C. The first-order valence-corrected chi connectivity index (χ1v) is 10.5. The molecule has 8 nitrogen and oxygen atoms in total. The molecule has 0 N–H and O–H groups in total. The number of pyridine rings is 1. The molecule has 0 unspecified atom stereocenters. The normalized spacial score (nSPS) is 18.2. The molecule has 3 heterocycles. The summed E-state index contributed by atoms with van der Waals surface area (Å²) in [5.41, 5.74) is 0.0332. The van der Waals surface area contributed by atoms with Crippen LogP contribution in [-0.4, -0.2) is 44.7 Å². The van der Waals surface area contributed by atoms with Crippen LogP contribution in [0.15, 0.2) is 40.9 Å². The smallest absolute Gasteiger partial charge is 0.413 e. The molecule has 1 aliphatic rings. The molecule has 0 bridgehead atoms. The van der Waals surface area contributed by atoms with E-state index in [1.54, 1.807) is 40.8 Å². The molecule has 0 radical (unpaired) electrons. The third kappa shape index (κ3) is 3.98. The maximum atomic E-state index is 13.1. The van der Waals surface area contributed by atoms with Crippen LogP contribution in [0.5, 0.6) is 0 Å². The van der Waals surface area contributed by atoms with Crippen molar-refractivity contribution in [1.29, 1.82) is 0 Å². The van der Waals surface area contributed by atoms with Crippen LogP contribution in [0, 0.1) is 0 Å². The topological polar surface area (TPSA) is 94.8 Å². The van der Waals surface area contributed by atoms with Gasteiger partial charge in [0.2, 0.25) is 5.89 Å². The number of hydrogen-bond donors (Lipinski definition) is 0. The molecule has 2 aromatic heterocycles. The van der Waals surface area contributed by atoms with Crippen molar-refractivity contribution in [1.82, 2.24) is 14.9 Å². The lowest BCUT2D eigenvalue weighted by molar-refractivity contribution is -0.0632. The number of oxazole rings is 1. The molecule has 1 atom stereocenters. The highest BCUT2D eigenvalue weighted by Crippen LogP contribution is 2.41. The number of amides is 1. The molecule has 0 spiro atoms. The number of hydrogen-bond acceptors (Lipinski definition) is 7. The van der Waals surface area contributed by atoms with Gasteiger partial charge in [-0.25, -0.2) is 9.78 Å². The Balaban J connectivity index is 1.82. The highest BCUT2D eigenvalue weighted by Gasteiger charge is 2.49. The zero-order valence-electron chi connectivity index (χ0n) is 19.1. The summed E-state index contributed by atoms with van der Waals surface area (Å²) in [5.74, 6) is 0.310. The summed E-state index contributed by atoms with van der Waals surface area (Å²) in [4.78, 5) is 35.9. The Kier molecular flexibility index (Phi) is 5.29. The van der Waals surface area contributed by atoms with Crippen molar-refractivity contribution in [3.05, 3.63) is 48.0 Å². The van der Waals surface area contributed by atoms with Crippen molar-refractivity contribution >= 4 is 22.8 Å².